The van der Waals surface area contributed by atoms with Crippen molar-refractivity contribution in [1.29, 1.82) is 0 Å². The summed E-state index contributed by atoms with van der Waals surface area (Å²) in [5, 5.41) is 5.84. The number of anilines is 1. The van der Waals surface area contributed by atoms with Gasteiger partial charge in [-0.3, -0.25) is 4.79 Å². The lowest BCUT2D eigenvalue weighted by molar-refractivity contribution is -0.115. The first-order chi connectivity index (χ1) is 11.2. The number of hydrogen-bond acceptors (Lipinski definition) is 2. The van der Waals surface area contributed by atoms with Gasteiger partial charge < -0.3 is 10.6 Å². The van der Waals surface area contributed by atoms with Gasteiger partial charge in [-0.15, -0.1) is 0 Å². The van der Waals surface area contributed by atoms with Crippen molar-refractivity contribution in [3.05, 3.63) is 59.7 Å². The third-order valence-electron chi connectivity index (χ3n) is 2.82. The number of allylic oxidation sites excluding steroid dienone is 5. The minimum absolute atomic E-state index is 0.0229. The van der Waals surface area contributed by atoms with E-state index in [0.29, 0.717) is 6.54 Å². The zero-order valence-electron chi connectivity index (χ0n) is 15.0. The van der Waals surface area contributed by atoms with Crippen LogP contribution in [0.15, 0.2) is 54.1 Å². The molecule has 3 nitrogen and oxygen atoms in total. The molecule has 126 valence electrons. The van der Waals surface area contributed by atoms with Crippen LogP contribution in [0.5, 0.6) is 0 Å². The maximum Gasteiger partial charge on any atom is 0.238 e. The second kappa shape index (κ2) is 13.5. The van der Waals surface area contributed by atoms with Crippen LogP contribution in [0.2, 0.25) is 0 Å². The minimum Gasteiger partial charge on any atom is -0.325 e. The Labute approximate surface area is 141 Å². The van der Waals surface area contributed by atoms with Gasteiger partial charge in [0, 0.05) is 5.69 Å². The Morgan fingerprint density at radius 1 is 1.17 bits per heavy atom. The number of rotatable bonds is 7. The summed E-state index contributed by atoms with van der Waals surface area (Å²) >= 11 is 0. The topological polar surface area (TPSA) is 41.1 Å². The molecule has 3 heteroatoms. The van der Waals surface area contributed by atoms with E-state index < -0.39 is 0 Å². The Kier molecular flexibility index (Phi) is 12.3. The van der Waals surface area contributed by atoms with E-state index in [4.69, 9.17) is 0 Å². The Balaban J connectivity index is 0.00000232. The SMILES string of the molecule is CC.C\C=C/C=C(C)/C=C/c1ccc(NC(=O)CNCC)cc1. The molecular weight excluding hydrogens is 284 g/mol. The van der Waals surface area contributed by atoms with Crippen molar-refractivity contribution in [3.63, 3.8) is 0 Å². The maximum atomic E-state index is 11.6. The van der Waals surface area contributed by atoms with Gasteiger partial charge in [0.15, 0.2) is 0 Å². The van der Waals surface area contributed by atoms with Crippen LogP contribution in [-0.4, -0.2) is 19.0 Å². The molecule has 0 aliphatic heterocycles. The van der Waals surface area contributed by atoms with Crippen molar-refractivity contribution in [2.45, 2.75) is 34.6 Å². The fraction of sp³-hybridized carbons (Fsp3) is 0.350. The Morgan fingerprint density at radius 3 is 2.39 bits per heavy atom. The predicted octanol–water partition coefficient (Wildman–Crippen LogP) is 4.80. The summed E-state index contributed by atoms with van der Waals surface area (Å²) in [6.45, 7) is 11.2. The fourth-order valence-electron chi connectivity index (χ4n) is 1.65. The van der Waals surface area contributed by atoms with E-state index in [9.17, 15) is 4.79 Å². The van der Waals surface area contributed by atoms with Gasteiger partial charge in [-0.25, -0.2) is 0 Å². The van der Waals surface area contributed by atoms with Crippen LogP contribution in [0.4, 0.5) is 5.69 Å². The quantitative estimate of drug-likeness (QED) is 0.710. The molecule has 0 fully saturated rings. The van der Waals surface area contributed by atoms with Crippen LogP contribution in [0, 0.1) is 0 Å². The lowest BCUT2D eigenvalue weighted by Crippen LogP contribution is -2.27. The number of nitrogens with one attached hydrogen (secondary N) is 2. The first kappa shape index (κ1) is 20.9. The van der Waals surface area contributed by atoms with Crippen molar-refractivity contribution in [1.82, 2.24) is 5.32 Å². The van der Waals surface area contributed by atoms with E-state index in [2.05, 4.69) is 35.8 Å². The number of carbonyl (C=O) groups is 1. The summed E-state index contributed by atoms with van der Waals surface area (Å²) < 4.78 is 0. The van der Waals surface area contributed by atoms with Crippen molar-refractivity contribution in [3.8, 4) is 0 Å². The van der Waals surface area contributed by atoms with Gasteiger partial charge in [0.25, 0.3) is 0 Å². The lowest BCUT2D eigenvalue weighted by atomic mass is 10.1. The summed E-state index contributed by atoms with van der Waals surface area (Å²) in [7, 11) is 0. The molecule has 0 aromatic heterocycles. The molecule has 0 bridgehead atoms. The van der Waals surface area contributed by atoms with Gasteiger partial charge in [0.2, 0.25) is 5.91 Å². The number of likely N-dealkylation sites (N-methyl/N-ethyl adjacent to an activating group) is 1. The molecule has 23 heavy (non-hydrogen) atoms. The maximum absolute atomic E-state index is 11.6. The molecule has 1 aromatic rings. The third kappa shape index (κ3) is 10.3. The van der Waals surface area contributed by atoms with E-state index in [1.54, 1.807) is 0 Å². The van der Waals surface area contributed by atoms with Crippen molar-refractivity contribution >= 4 is 17.7 Å². The molecule has 0 aliphatic rings. The van der Waals surface area contributed by atoms with E-state index in [1.807, 2.05) is 64.1 Å². The molecule has 0 aliphatic carbocycles. The van der Waals surface area contributed by atoms with Crippen LogP contribution < -0.4 is 10.6 Å². The van der Waals surface area contributed by atoms with E-state index in [0.717, 1.165) is 17.8 Å². The number of amides is 1. The molecule has 0 radical (unpaired) electrons. The highest BCUT2D eigenvalue weighted by molar-refractivity contribution is 5.92. The molecule has 0 saturated heterocycles. The Morgan fingerprint density at radius 2 is 1.83 bits per heavy atom. The van der Waals surface area contributed by atoms with Crippen LogP contribution in [0.3, 0.4) is 0 Å². The predicted molar refractivity (Wildman–Crippen MR) is 103 cm³/mol. The largest absolute Gasteiger partial charge is 0.325 e. The third-order valence-corrected chi connectivity index (χ3v) is 2.82. The zero-order valence-corrected chi connectivity index (χ0v) is 15.0. The van der Waals surface area contributed by atoms with Crippen LogP contribution in [0.1, 0.15) is 40.2 Å². The molecule has 0 heterocycles. The highest BCUT2D eigenvalue weighted by Gasteiger charge is 2.00. The van der Waals surface area contributed by atoms with Crippen molar-refractivity contribution < 1.29 is 4.79 Å². The zero-order chi connectivity index (χ0) is 17.5. The van der Waals surface area contributed by atoms with Crippen molar-refractivity contribution in [2.24, 2.45) is 0 Å². The average molecular weight is 314 g/mol. The Bertz CT molecular complexity index is 525. The van der Waals surface area contributed by atoms with Crippen molar-refractivity contribution in [2.75, 3.05) is 18.4 Å². The van der Waals surface area contributed by atoms with Crippen LogP contribution in [0.25, 0.3) is 6.08 Å². The van der Waals surface area contributed by atoms with Gasteiger partial charge in [0.1, 0.15) is 0 Å². The molecule has 0 unspecified atom stereocenters. The molecule has 1 amide bonds. The summed E-state index contributed by atoms with van der Waals surface area (Å²) in [5.41, 5.74) is 3.11. The second-order valence-corrected chi connectivity index (χ2v) is 4.72. The molecular formula is C20H30N2O. The summed E-state index contributed by atoms with van der Waals surface area (Å²) in [5.74, 6) is -0.0229. The van der Waals surface area contributed by atoms with Gasteiger partial charge in [-0.05, 0) is 38.1 Å². The van der Waals surface area contributed by atoms with Gasteiger partial charge in [-0.1, -0.05) is 68.9 Å². The standard InChI is InChI=1S/C18H24N2O.C2H6/c1-4-6-7-15(3)8-9-16-10-12-17(13-11-16)20-18(21)14-19-5-2;1-2/h4,6-13,19H,5,14H2,1-3H3,(H,20,21);1-2H3/b6-4-,9-8+,15-7+;. The molecule has 1 aromatic carbocycles. The van der Waals surface area contributed by atoms with E-state index in [-0.39, 0.29) is 5.91 Å². The van der Waals surface area contributed by atoms with Gasteiger partial charge in [0.05, 0.1) is 6.54 Å². The van der Waals surface area contributed by atoms with Gasteiger partial charge >= 0.3 is 0 Å². The highest BCUT2D eigenvalue weighted by Crippen LogP contribution is 2.11. The smallest absolute Gasteiger partial charge is 0.238 e. The molecule has 0 spiro atoms. The van der Waals surface area contributed by atoms with Gasteiger partial charge in [-0.2, -0.15) is 0 Å². The van der Waals surface area contributed by atoms with E-state index >= 15 is 0 Å². The number of hydrogen-bond donors (Lipinski definition) is 2. The first-order valence-electron chi connectivity index (χ1n) is 8.24. The first-order valence-corrected chi connectivity index (χ1v) is 8.24. The highest BCUT2D eigenvalue weighted by atomic mass is 16.1. The summed E-state index contributed by atoms with van der Waals surface area (Å²) in [4.78, 5) is 11.6. The summed E-state index contributed by atoms with van der Waals surface area (Å²) in [6, 6.07) is 7.80. The lowest BCUT2D eigenvalue weighted by Gasteiger charge is -2.05. The molecule has 0 saturated carbocycles. The monoisotopic (exact) mass is 314 g/mol. The normalized spacial score (nSPS) is 11.4. The molecule has 0 atom stereocenters. The van der Waals surface area contributed by atoms with Crippen LogP contribution >= 0.6 is 0 Å². The minimum atomic E-state index is -0.0229. The molecule has 1 rings (SSSR count). The van der Waals surface area contributed by atoms with E-state index in [1.165, 1.54) is 5.57 Å². The average Bonchev–Trinajstić information content (AvgIpc) is 2.59. The summed E-state index contributed by atoms with van der Waals surface area (Å²) in [6.07, 6.45) is 10.2. The van der Waals surface area contributed by atoms with Crippen LogP contribution in [-0.2, 0) is 4.79 Å². The fourth-order valence-corrected chi connectivity index (χ4v) is 1.65. The Hall–Kier alpha value is -2.13. The molecule has 2 N–H and O–H groups in total. The number of benzene rings is 1. The number of carbonyl (C=O) groups excluding carboxylic acids is 1. The second-order valence-electron chi connectivity index (χ2n) is 4.72.